The minimum Gasteiger partial charge on any atom is -0.488 e. The second-order valence-electron chi connectivity index (χ2n) is 8.46. The summed E-state index contributed by atoms with van der Waals surface area (Å²) >= 11 is 6.60. The lowest BCUT2D eigenvalue weighted by Gasteiger charge is -2.27. The van der Waals surface area contributed by atoms with Crippen LogP contribution in [0.3, 0.4) is 0 Å². The van der Waals surface area contributed by atoms with E-state index in [9.17, 15) is 4.79 Å². The molecule has 0 saturated heterocycles. The Hall–Kier alpha value is -3.00. The second-order valence-corrected chi connectivity index (χ2v) is 8.84. The van der Waals surface area contributed by atoms with Crippen LogP contribution in [-0.2, 0) is 13.0 Å². The molecule has 0 fully saturated rings. The molecule has 1 aromatic heterocycles. The van der Waals surface area contributed by atoms with E-state index in [1.165, 1.54) is 0 Å². The Morgan fingerprint density at radius 3 is 2.74 bits per heavy atom. The van der Waals surface area contributed by atoms with Crippen molar-refractivity contribution in [3.63, 3.8) is 0 Å². The minimum atomic E-state index is -0.506. The molecule has 0 spiro atoms. The number of ether oxygens (including phenoxy) is 1. The first-order valence-corrected chi connectivity index (χ1v) is 11.6. The molecule has 178 valence electrons. The Bertz CT molecular complexity index is 1200. The number of hydrogen-bond donors (Lipinski definition) is 2. The van der Waals surface area contributed by atoms with Gasteiger partial charge in [-0.2, -0.15) is 0 Å². The molecule has 6 nitrogen and oxygen atoms in total. The SMILES string of the molecule is CC(C)Oc1cccc(-c2cccc(NC(=O)c3ccc4c(n3)CCN(CCO)C4)c2Cl)c1F. The van der Waals surface area contributed by atoms with Crippen LogP contribution in [-0.4, -0.2) is 46.7 Å². The van der Waals surface area contributed by atoms with Crippen LogP contribution >= 0.6 is 11.6 Å². The maximum atomic E-state index is 15.1. The molecule has 0 saturated carbocycles. The number of amides is 1. The fraction of sp³-hybridized carbons (Fsp3) is 0.308. The van der Waals surface area contributed by atoms with E-state index < -0.39 is 11.7 Å². The van der Waals surface area contributed by atoms with E-state index >= 15 is 4.39 Å². The van der Waals surface area contributed by atoms with E-state index in [1.807, 2.05) is 19.9 Å². The number of nitrogens with one attached hydrogen (secondary N) is 1. The van der Waals surface area contributed by atoms with Crippen LogP contribution in [0.2, 0.25) is 5.02 Å². The molecule has 1 aliphatic heterocycles. The van der Waals surface area contributed by atoms with Crippen molar-refractivity contribution in [3.05, 3.63) is 76.3 Å². The van der Waals surface area contributed by atoms with E-state index in [0.29, 0.717) is 36.3 Å². The number of fused-ring (bicyclic) bond motifs is 1. The third-order valence-corrected chi connectivity index (χ3v) is 6.05. The van der Waals surface area contributed by atoms with Gasteiger partial charge in [0, 0.05) is 42.9 Å². The third kappa shape index (κ3) is 5.22. The average molecular weight is 484 g/mol. The third-order valence-electron chi connectivity index (χ3n) is 5.64. The van der Waals surface area contributed by atoms with Gasteiger partial charge in [0.1, 0.15) is 5.69 Å². The predicted octanol–water partition coefficient (Wildman–Crippen LogP) is 4.93. The highest BCUT2D eigenvalue weighted by Gasteiger charge is 2.21. The van der Waals surface area contributed by atoms with Gasteiger partial charge in [-0.1, -0.05) is 41.9 Å². The topological polar surface area (TPSA) is 74.7 Å². The first-order chi connectivity index (χ1) is 16.4. The molecule has 0 atom stereocenters. The summed E-state index contributed by atoms with van der Waals surface area (Å²) in [5, 5.41) is 12.2. The van der Waals surface area contributed by atoms with E-state index in [-0.39, 0.29) is 29.2 Å². The molecule has 34 heavy (non-hydrogen) atoms. The smallest absolute Gasteiger partial charge is 0.274 e. The van der Waals surface area contributed by atoms with Crippen LogP contribution in [0.4, 0.5) is 10.1 Å². The Balaban J connectivity index is 1.56. The first kappa shape index (κ1) is 24.1. The van der Waals surface area contributed by atoms with Crippen molar-refractivity contribution in [3.8, 4) is 16.9 Å². The first-order valence-electron chi connectivity index (χ1n) is 11.2. The zero-order chi connectivity index (χ0) is 24.2. The number of hydrogen-bond acceptors (Lipinski definition) is 5. The van der Waals surface area contributed by atoms with Gasteiger partial charge in [-0.15, -0.1) is 0 Å². The number of benzene rings is 2. The highest BCUT2D eigenvalue weighted by Crippen LogP contribution is 2.37. The van der Waals surface area contributed by atoms with Gasteiger partial charge in [0.25, 0.3) is 5.91 Å². The van der Waals surface area contributed by atoms with Gasteiger partial charge in [-0.3, -0.25) is 9.69 Å². The van der Waals surface area contributed by atoms with Crippen molar-refractivity contribution >= 4 is 23.2 Å². The lowest BCUT2D eigenvalue weighted by atomic mass is 10.0. The molecule has 0 unspecified atom stereocenters. The summed E-state index contributed by atoms with van der Waals surface area (Å²) in [6, 6.07) is 13.6. The van der Waals surface area contributed by atoms with E-state index in [4.69, 9.17) is 21.4 Å². The van der Waals surface area contributed by atoms with Gasteiger partial charge in [-0.25, -0.2) is 9.37 Å². The predicted molar refractivity (Wildman–Crippen MR) is 131 cm³/mol. The molecular formula is C26H27ClFN3O3. The van der Waals surface area contributed by atoms with Gasteiger partial charge in [0.2, 0.25) is 0 Å². The molecule has 8 heteroatoms. The summed E-state index contributed by atoms with van der Waals surface area (Å²) in [6.45, 7) is 5.87. The maximum Gasteiger partial charge on any atom is 0.274 e. The quantitative estimate of drug-likeness (QED) is 0.498. The van der Waals surface area contributed by atoms with Crippen molar-refractivity contribution in [2.45, 2.75) is 32.9 Å². The molecule has 2 N–H and O–H groups in total. The highest BCUT2D eigenvalue weighted by atomic mass is 35.5. The van der Waals surface area contributed by atoms with E-state index in [0.717, 1.165) is 17.8 Å². The van der Waals surface area contributed by atoms with E-state index in [2.05, 4.69) is 15.2 Å². The number of aliphatic hydroxyl groups excluding tert-OH is 1. The number of carbonyl (C=O) groups excluding carboxylic acids is 1. The zero-order valence-corrected chi connectivity index (χ0v) is 19.9. The fourth-order valence-corrected chi connectivity index (χ4v) is 4.29. The molecular weight excluding hydrogens is 457 g/mol. The number of pyridine rings is 1. The molecule has 1 aliphatic rings. The van der Waals surface area contributed by atoms with Crippen molar-refractivity contribution in [1.29, 1.82) is 0 Å². The van der Waals surface area contributed by atoms with Crippen LogP contribution in [0.5, 0.6) is 5.75 Å². The number of halogens is 2. The highest BCUT2D eigenvalue weighted by molar-refractivity contribution is 6.36. The number of carbonyl (C=O) groups is 1. The number of anilines is 1. The molecule has 4 rings (SSSR count). The minimum absolute atomic E-state index is 0.113. The lowest BCUT2D eigenvalue weighted by molar-refractivity contribution is 0.102. The average Bonchev–Trinajstić information content (AvgIpc) is 2.81. The molecule has 3 aromatic rings. The van der Waals surface area contributed by atoms with Crippen molar-refractivity contribution in [2.75, 3.05) is 25.0 Å². The Morgan fingerprint density at radius 1 is 1.21 bits per heavy atom. The number of aliphatic hydroxyl groups is 1. The largest absolute Gasteiger partial charge is 0.488 e. The van der Waals surface area contributed by atoms with Crippen LogP contribution in [0.1, 0.15) is 35.6 Å². The van der Waals surface area contributed by atoms with Crippen LogP contribution < -0.4 is 10.1 Å². The normalized spacial score (nSPS) is 13.6. The molecule has 0 bridgehead atoms. The summed E-state index contributed by atoms with van der Waals surface area (Å²) in [5.41, 5.74) is 3.33. The monoisotopic (exact) mass is 483 g/mol. The van der Waals surface area contributed by atoms with Crippen molar-refractivity contribution in [1.82, 2.24) is 9.88 Å². The number of aromatic nitrogens is 1. The summed E-state index contributed by atoms with van der Waals surface area (Å²) < 4.78 is 20.6. The summed E-state index contributed by atoms with van der Waals surface area (Å²) in [4.78, 5) is 19.6. The molecule has 2 heterocycles. The van der Waals surface area contributed by atoms with Crippen LogP contribution in [0.25, 0.3) is 11.1 Å². The van der Waals surface area contributed by atoms with Crippen molar-refractivity contribution in [2.24, 2.45) is 0 Å². The Labute approximate surface area is 203 Å². The van der Waals surface area contributed by atoms with Gasteiger partial charge in [-0.05, 0) is 37.6 Å². The van der Waals surface area contributed by atoms with Crippen molar-refractivity contribution < 1.29 is 19.0 Å². The summed E-state index contributed by atoms with van der Waals surface area (Å²) in [5.74, 6) is -0.751. The lowest BCUT2D eigenvalue weighted by Crippen LogP contribution is -2.33. The molecule has 0 radical (unpaired) electrons. The summed E-state index contributed by atoms with van der Waals surface area (Å²) in [7, 11) is 0. The Morgan fingerprint density at radius 2 is 1.97 bits per heavy atom. The molecule has 2 aromatic carbocycles. The van der Waals surface area contributed by atoms with Gasteiger partial charge in [0.05, 0.1) is 23.4 Å². The van der Waals surface area contributed by atoms with Gasteiger partial charge < -0.3 is 15.2 Å². The molecule has 0 aliphatic carbocycles. The van der Waals surface area contributed by atoms with Crippen LogP contribution in [0, 0.1) is 5.82 Å². The zero-order valence-electron chi connectivity index (χ0n) is 19.1. The number of β-amino-alcohol motifs (C(OH)–C–C–N with tert-alkyl or cyclic N) is 1. The standard InChI is InChI=1S/C26H27ClFN3O3/c1-16(2)34-23-8-4-6-19(25(23)28)18-5-3-7-21(24(18)27)30-26(33)22-10-9-17-15-31(13-14-32)12-11-20(17)29-22/h3-10,16,32H,11-15H2,1-2H3,(H,30,33). The maximum absolute atomic E-state index is 15.1. The fourth-order valence-electron chi connectivity index (χ4n) is 4.02. The second kappa shape index (κ2) is 10.5. The summed E-state index contributed by atoms with van der Waals surface area (Å²) in [6.07, 6.45) is 0.536. The number of nitrogens with zero attached hydrogens (tertiary/aromatic N) is 2. The van der Waals surface area contributed by atoms with Crippen LogP contribution in [0.15, 0.2) is 48.5 Å². The number of rotatable bonds is 7. The molecule has 1 amide bonds. The van der Waals surface area contributed by atoms with E-state index in [1.54, 1.807) is 42.5 Å². The Kier molecular flexibility index (Phi) is 7.46. The van der Waals surface area contributed by atoms with Gasteiger partial charge in [0.15, 0.2) is 11.6 Å². The van der Waals surface area contributed by atoms with Gasteiger partial charge >= 0.3 is 0 Å².